The van der Waals surface area contributed by atoms with Crippen LogP contribution in [0.1, 0.15) is 45.4 Å². The smallest absolute Gasteiger partial charge is 0.410 e. The fraction of sp³-hybridized carbons (Fsp3) is 0.789. The van der Waals surface area contributed by atoms with Crippen LogP contribution in [0.3, 0.4) is 0 Å². The number of likely N-dealkylation sites (tertiary alicyclic amines) is 1. The lowest BCUT2D eigenvalue weighted by Crippen LogP contribution is -2.53. The maximum Gasteiger partial charge on any atom is 0.410 e. The lowest BCUT2D eigenvalue weighted by Gasteiger charge is -2.37. The number of ether oxygens (including phenoxy) is 3. The van der Waals surface area contributed by atoms with E-state index in [9.17, 15) is 19.2 Å². The highest BCUT2D eigenvalue weighted by molar-refractivity contribution is 5.84. The maximum atomic E-state index is 12.3. The Morgan fingerprint density at radius 2 is 1.90 bits per heavy atom. The first kappa shape index (κ1) is 22.8. The topological polar surface area (TPSA) is 114 Å². The number of cyclic esters (lactones) is 1. The third-order valence-electron chi connectivity index (χ3n) is 5.17. The van der Waals surface area contributed by atoms with Gasteiger partial charge < -0.3 is 24.4 Å². The molecule has 0 aliphatic carbocycles. The van der Waals surface area contributed by atoms with E-state index < -0.39 is 18.1 Å². The maximum absolute atomic E-state index is 12.3. The van der Waals surface area contributed by atoms with Crippen molar-refractivity contribution in [3.05, 3.63) is 0 Å². The Morgan fingerprint density at radius 3 is 2.55 bits per heavy atom. The number of hydrogen-bond donors (Lipinski definition) is 1. The quantitative estimate of drug-likeness (QED) is 0.344. The van der Waals surface area contributed by atoms with Crippen molar-refractivity contribution >= 4 is 24.1 Å². The highest BCUT2D eigenvalue weighted by atomic mass is 16.6. The van der Waals surface area contributed by atoms with Crippen molar-refractivity contribution in [3.8, 4) is 0 Å². The molecule has 1 atom stereocenters. The molecule has 10 heteroatoms. The molecule has 0 bridgehead atoms. The Hall–Kier alpha value is -2.52. The third-order valence-corrected chi connectivity index (χ3v) is 5.17. The number of piperidine rings is 1. The van der Waals surface area contributed by atoms with E-state index in [1.165, 1.54) is 12.0 Å². The molecule has 0 saturated carbocycles. The average molecular weight is 413 g/mol. The van der Waals surface area contributed by atoms with Crippen LogP contribution >= 0.6 is 0 Å². The average Bonchev–Trinajstić information content (AvgIpc) is 3.11. The van der Waals surface area contributed by atoms with Crippen molar-refractivity contribution in [2.45, 2.75) is 57.5 Å². The molecule has 2 rings (SSSR count). The number of nitrogens with one attached hydrogen (secondary N) is 1. The highest BCUT2D eigenvalue weighted by Crippen LogP contribution is 2.24. The summed E-state index contributed by atoms with van der Waals surface area (Å²) in [6.45, 7) is 3.72. The molecule has 3 amide bonds. The molecule has 2 fully saturated rings. The molecule has 0 radical (unpaired) electrons. The van der Waals surface area contributed by atoms with Crippen LogP contribution in [0.25, 0.3) is 0 Å². The van der Waals surface area contributed by atoms with E-state index in [1.807, 2.05) is 0 Å². The monoisotopic (exact) mass is 413 g/mol. The standard InChI is InChI=1S/C19H31N3O7/c1-3-28-16(23)7-5-4-6-10-20-18(25)21-11-8-14(9-12-21)22-15(17(24)27-2)13-29-19(22)26/h14-15H,3-13H2,1-2H3,(H,20,25). The molecular formula is C19H31N3O7. The Bertz CT molecular complexity index is 590. The van der Waals surface area contributed by atoms with Crippen LogP contribution in [-0.2, 0) is 23.8 Å². The van der Waals surface area contributed by atoms with Gasteiger partial charge in [-0.2, -0.15) is 0 Å². The van der Waals surface area contributed by atoms with Gasteiger partial charge in [0.1, 0.15) is 6.61 Å². The summed E-state index contributed by atoms with van der Waals surface area (Å²) < 4.78 is 14.6. The Balaban J connectivity index is 1.65. The number of nitrogens with zero attached hydrogens (tertiary/aromatic N) is 2. The second-order valence-electron chi connectivity index (χ2n) is 7.09. The fourth-order valence-electron chi connectivity index (χ4n) is 3.61. The minimum absolute atomic E-state index is 0.00235. The minimum Gasteiger partial charge on any atom is -0.467 e. The van der Waals surface area contributed by atoms with Crippen LogP contribution in [0, 0.1) is 0 Å². The van der Waals surface area contributed by atoms with Crippen LogP contribution in [-0.4, -0.2) is 85.9 Å². The van der Waals surface area contributed by atoms with E-state index in [-0.39, 0.29) is 24.6 Å². The number of esters is 2. The van der Waals surface area contributed by atoms with Crippen molar-refractivity contribution in [2.75, 3.05) is 40.0 Å². The molecular weight excluding hydrogens is 382 g/mol. The molecule has 0 spiro atoms. The Labute approximate surface area is 170 Å². The lowest BCUT2D eigenvalue weighted by atomic mass is 10.0. The van der Waals surface area contributed by atoms with Crippen molar-refractivity contribution in [3.63, 3.8) is 0 Å². The van der Waals surface area contributed by atoms with Crippen molar-refractivity contribution in [2.24, 2.45) is 0 Å². The SMILES string of the molecule is CCOC(=O)CCCCCNC(=O)N1CCC(N2C(=O)OCC2C(=O)OC)CC1. The van der Waals surface area contributed by atoms with Gasteiger partial charge in [0.05, 0.1) is 13.7 Å². The molecule has 2 heterocycles. The van der Waals surface area contributed by atoms with E-state index in [2.05, 4.69) is 5.32 Å². The van der Waals surface area contributed by atoms with E-state index in [0.717, 1.165) is 19.3 Å². The minimum atomic E-state index is -0.715. The zero-order valence-corrected chi connectivity index (χ0v) is 17.2. The first-order valence-electron chi connectivity index (χ1n) is 10.2. The Morgan fingerprint density at radius 1 is 1.17 bits per heavy atom. The number of unbranched alkanes of at least 4 members (excludes halogenated alkanes) is 2. The lowest BCUT2D eigenvalue weighted by molar-refractivity contribution is -0.146. The number of carbonyl (C=O) groups is 4. The molecule has 1 unspecified atom stereocenters. The summed E-state index contributed by atoms with van der Waals surface area (Å²) in [4.78, 5) is 50.6. The van der Waals surface area contributed by atoms with Gasteiger partial charge in [-0.25, -0.2) is 14.4 Å². The van der Waals surface area contributed by atoms with Crippen LogP contribution in [0.15, 0.2) is 0 Å². The zero-order chi connectivity index (χ0) is 21.2. The fourth-order valence-corrected chi connectivity index (χ4v) is 3.61. The van der Waals surface area contributed by atoms with E-state index >= 15 is 0 Å². The first-order valence-corrected chi connectivity index (χ1v) is 10.2. The number of methoxy groups -OCH3 is 1. The molecule has 29 heavy (non-hydrogen) atoms. The normalized spacial score (nSPS) is 19.7. The van der Waals surface area contributed by atoms with Gasteiger partial charge in [-0.3, -0.25) is 9.69 Å². The molecule has 0 aromatic carbocycles. The number of hydrogen-bond acceptors (Lipinski definition) is 7. The van der Waals surface area contributed by atoms with Crippen LogP contribution in [0.5, 0.6) is 0 Å². The summed E-state index contributed by atoms with van der Waals surface area (Å²) in [6, 6.07) is -1.00. The molecule has 0 aromatic rings. The van der Waals surface area contributed by atoms with Gasteiger partial charge in [0.25, 0.3) is 0 Å². The first-order chi connectivity index (χ1) is 14.0. The summed E-state index contributed by atoms with van der Waals surface area (Å²) in [7, 11) is 1.28. The highest BCUT2D eigenvalue weighted by Gasteiger charge is 2.44. The molecule has 10 nitrogen and oxygen atoms in total. The van der Waals surface area contributed by atoms with Crippen LogP contribution in [0.2, 0.25) is 0 Å². The van der Waals surface area contributed by atoms with Gasteiger partial charge in [0, 0.05) is 32.1 Å². The second kappa shape index (κ2) is 11.5. The summed E-state index contributed by atoms with van der Waals surface area (Å²) in [6.07, 6.45) is 3.43. The second-order valence-corrected chi connectivity index (χ2v) is 7.09. The molecule has 164 valence electrons. The molecule has 2 aliphatic heterocycles. The molecule has 1 N–H and O–H groups in total. The summed E-state index contributed by atoms with van der Waals surface area (Å²) in [5, 5.41) is 2.89. The Kier molecular flexibility index (Phi) is 9.01. The number of carbonyl (C=O) groups excluding carboxylic acids is 4. The molecule has 2 aliphatic rings. The van der Waals surface area contributed by atoms with Crippen molar-refractivity contribution in [1.82, 2.24) is 15.1 Å². The van der Waals surface area contributed by atoms with Gasteiger partial charge in [-0.1, -0.05) is 6.42 Å². The predicted molar refractivity (Wildman–Crippen MR) is 102 cm³/mol. The van der Waals surface area contributed by atoms with E-state index in [1.54, 1.807) is 11.8 Å². The van der Waals surface area contributed by atoms with Crippen molar-refractivity contribution < 1.29 is 33.4 Å². The van der Waals surface area contributed by atoms with Gasteiger partial charge in [0.2, 0.25) is 0 Å². The summed E-state index contributed by atoms with van der Waals surface area (Å²) >= 11 is 0. The summed E-state index contributed by atoms with van der Waals surface area (Å²) in [5.41, 5.74) is 0. The molecule has 2 saturated heterocycles. The van der Waals surface area contributed by atoms with Gasteiger partial charge in [-0.05, 0) is 32.6 Å². The predicted octanol–water partition coefficient (Wildman–Crippen LogP) is 1.28. The van der Waals surface area contributed by atoms with E-state index in [0.29, 0.717) is 45.5 Å². The number of urea groups is 1. The zero-order valence-electron chi connectivity index (χ0n) is 17.2. The van der Waals surface area contributed by atoms with Gasteiger partial charge in [-0.15, -0.1) is 0 Å². The van der Waals surface area contributed by atoms with Gasteiger partial charge >= 0.3 is 24.1 Å². The largest absolute Gasteiger partial charge is 0.467 e. The number of rotatable bonds is 9. The summed E-state index contributed by atoms with van der Waals surface area (Å²) in [5.74, 6) is -0.672. The van der Waals surface area contributed by atoms with E-state index in [4.69, 9.17) is 14.2 Å². The van der Waals surface area contributed by atoms with Crippen molar-refractivity contribution in [1.29, 1.82) is 0 Å². The number of amides is 3. The third kappa shape index (κ3) is 6.50. The van der Waals surface area contributed by atoms with Crippen LogP contribution in [0.4, 0.5) is 9.59 Å². The van der Waals surface area contributed by atoms with Gasteiger partial charge in [0.15, 0.2) is 6.04 Å². The van der Waals surface area contributed by atoms with Crippen LogP contribution < -0.4 is 5.32 Å². The molecule has 0 aromatic heterocycles.